The maximum Gasteiger partial charge on any atom is 0.194 e. The van der Waals surface area contributed by atoms with Crippen LogP contribution in [-0.4, -0.2) is 0 Å². The summed E-state index contributed by atoms with van der Waals surface area (Å²) < 4.78 is 39.9. The Kier molecular flexibility index (Phi) is 5.33. The van der Waals surface area contributed by atoms with Crippen LogP contribution in [0, 0.1) is 35.2 Å². The minimum atomic E-state index is -1.35. The van der Waals surface area contributed by atoms with Gasteiger partial charge in [0.1, 0.15) is 0 Å². The molecule has 3 heteroatoms. The molecule has 1 aromatic rings. The summed E-state index contributed by atoms with van der Waals surface area (Å²) >= 11 is 0. The predicted molar refractivity (Wildman–Crippen MR) is 86.8 cm³/mol. The Morgan fingerprint density at radius 1 is 0.913 bits per heavy atom. The molecule has 128 valence electrons. The highest BCUT2D eigenvalue weighted by Crippen LogP contribution is 2.48. The molecule has 0 heterocycles. The van der Waals surface area contributed by atoms with Crippen molar-refractivity contribution in [2.45, 2.75) is 70.6 Å². The highest BCUT2D eigenvalue weighted by Gasteiger charge is 2.36. The molecule has 0 spiro atoms. The van der Waals surface area contributed by atoms with Crippen LogP contribution >= 0.6 is 0 Å². The molecular weight excluding hydrogens is 297 g/mol. The third-order valence-corrected chi connectivity index (χ3v) is 6.15. The molecule has 2 aliphatic rings. The largest absolute Gasteiger partial charge is 0.204 e. The minimum Gasteiger partial charge on any atom is -0.204 e. The molecule has 0 aliphatic heterocycles. The van der Waals surface area contributed by atoms with Crippen LogP contribution in [0.4, 0.5) is 13.2 Å². The van der Waals surface area contributed by atoms with Gasteiger partial charge in [0.2, 0.25) is 0 Å². The van der Waals surface area contributed by atoms with Crippen LogP contribution in [0.5, 0.6) is 0 Å². The lowest BCUT2D eigenvalue weighted by Crippen LogP contribution is -2.32. The van der Waals surface area contributed by atoms with Gasteiger partial charge in [0.05, 0.1) is 0 Å². The Labute approximate surface area is 137 Å². The predicted octanol–water partition coefficient (Wildman–Crippen LogP) is 6.59. The van der Waals surface area contributed by atoms with Gasteiger partial charge in [-0.2, -0.15) is 0 Å². The van der Waals surface area contributed by atoms with Crippen LogP contribution in [0.15, 0.2) is 12.1 Å². The van der Waals surface area contributed by atoms with Crippen LogP contribution in [0.3, 0.4) is 0 Å². The van der Waals surface area contributed by atoms with E-state index in [1.807, 2.05) is 0 Å². The smallest absolute Gasteiger partial charge is 0.194 e. The first-order chi connectivity index (χ1) is 11.1. The van der Waals surface area contributed by atoms with E-state index in [2.05, 4.69) is 6.92 Å². The molecule has 0 nitrogen and oxygen atoms in total. The lowest BCUT2D eigenvalue weighted by Gasteiger charge is -2.43. The number of unbranched alkanes of at least 4 members (excludes halogenated alkanes) is 1. The lowest BCUT2D eigenvalue weighted by molar-refractivity contribution is 0.0867. The first-order valence-electron chi connectivity index (χ1n) is 9.22. The molecule has 0 radical (unpaired) electrons. The van der Waals surface area contributed by atoms with Gasteiger partial charge in [0, 0.05) is 0 Å². The molecule has 2 saturated carbocycles. The zero-order chi connectivity index (χ0) is 16.4. The molecule has 0 N–H and O–H groups in total. The monoisotopic (exact) mass is 324 g/mol. The molecule has 3 rings (SSSR count). The van der Waals surface area contributed by atoms with Gasteiger partial charge in [-0.15, -0.1) is 0 Å². The fourth-order valence-corrected chi connectivity index (χ4v) is 4.64. The lowest BCUT2D eigenvalue weighted by atomic mass is 9.62. The van der Waals surface area contributed by atoms with Gasteiger partial charge in [-0.1, -0.05) is 26.2 Å². The zero-order valence-electron chi connectivity index (χ0n) is 14.0. The molecule has 0 aromatic heterocycles. The van der Waals surface area contributed by atoms with Crippen molar-refractivity contribution >= 4 is 0 Å². The summed E-state index contributed by atoms with van der Waals surface area (Å²) in [5.41, 5.74) is 0.634. The molecule has 2 aliphatic carbocycles. The van der Waals surface area contributed by atoms with Gasteiger partial charge in [-0.3, -0.25) is 0 Å². The fraction of sp³-hybridized carbons (Fsp3) is 0.700. The SMILES string of the molecule is CCCCC1CC(C2CCC(c3cc(F)c(F)c(F)c3)CC2)C1. The Bertz CT molecular complexity index is 503. The Balaban J connectivity index is 1.50. The Morgan fingerprint density at radius 2 is 1.52 bits per heavy atom. The maximum atomic E-state index is 13.4. The molecule has 0 atom stereocenters. The Hall–Kier alpha value is -0.990. The fourth-order valence-electron chi connectivity index (χ4n) is 4.64. The average Bonchev–Trinajstić information content (AvgIpc) is 2.51. The number of benzene rings is 1. The van der Waals surface area contributed by atoms with E-state index in [1.54, 1.807) is 0 Å². The molecule has 23 heavy (non-hydrogen) atoms. The quantitative estimate of drug-likeness (QED) is 0.536. The van der Waals surface area contributed by atoms with Crippen molar-refractivity contribution in [1.29, 1.82) is 0 Å². The zero-order valence-corrected chi connectivity index (χ0v) is 14.0. The van der Waals surface area contributed by atoms with Gasteiger partial charge in [0.15, 0.2) is 17.5 Å². The van der Waals surface area contributed by atoms with Crippen molar-refractivity contribution in [3.05, 3.63) is 35.1 Å². The molecule has 0 unspecified atom stereocenters. The third kappa shape index (κ3) is 3.75. The van der Waals surface area contributed by atoms with E-state index in [-0.39, 0.29) is 5.92 Å². The van der Waals surface area contributed by atoms with Crippen molar-refractivity contribution in [3.63, 3.8) is 0 Å². The van der Waals surface area contributed by atoms with Gasteiger partial charge in [0.25, 0.3) is 0 Å². The molecule has 0 bridgehead atoms. The van der Waals surface area contributed by atoms with E-state index in [1.165, 1.54) is 44.2 Å². The maximum absolute atomic E-state index is 13.4. The van der Waals surface area contributed by atoms with E-state index in [9.17, 15) is 13.2 Å². The van der Waals surface area contributed by atoms with Gasteiger partial charge < -0.3 is 0 Å². The van der Waals surface area contributed by atoms with Gasteiger partial charge >= 0.3 is 0 Å². The van der Waals surface area contributed by atoms with E-state index < -0.39 is 17.5 Å². The van der Waals surface area contributed by atoms with E-state index in [0.717, 1.165) is 43.4 Å². The topological polar surface area (TPSA) is 0 Å². The van der Waals surface area contributed by atoms with Crippen LogP contribution in [0.1, 0.15) is 76.2 Å². The van der Waals surface area contributed by atoms with Crippen molar-refractivity contribution in [3.8, 4) is 0 Å². The summed E-state index contributed by atoms with van der Waals surface area (Å²) in [7, 11) is 0. The molecule has 0 saturated heterocycles. The minimum absolute atomic E-state index is 0.187. The van der Waals surface area contributed by atoms with Crippen molar-refractivity contribution in [1.82, 2.24) is 0 Å². The van der Waals surface area contributed by atoms with E-state index >= 15 is 0 Å². The summed E-state index contributed by atoms with van der Waals surface area (Å²) in [4.78, 5) is 0. The number of hydrogen-bond donors (Lipinski definition) is 0. The highest BCUT2D eigenvalue weighted by atomic mass is 19.2. The first kappa shape index (κ1) is 16.9. The van der Waals surface area contributed by atoms with E-state index in [4.69, 9.17) is 0 Å². The van der Waals surface area contributed by atoms with Crippen molar-refractivity contribution in [2.24, 2.45) is 17.8 Å². The molecule has 1 aromatic carbocycles. The van der Waals surface area contributed by atoms with Gasteiger partial charge in [-0.05, 0) is 79.9 Å². The summed E-state index contributed by atoms with van der Waals surface area (Å²) in [5, 5.41) is 0. The van der Waals surface area contributed by atoms with Crippen LogP contribution in [0.25, 0.3) is 0 Å². The summed E-state index contributed by atoms with van der Waals surface area (Å²) in [6, 6.07) is 2.38. The van der Waals surface area contributed by atoms with Crippen LogP contribution < -0.4 is 0 Å². The number of hydrogen-bond acceptors (Lipinski definition) is 0. The molecule has 0 amide bonds. The summed E-state index contributed by atoms with van der Waals surface area (Å²) in [6.07, 6.45) is 11.0. The molecular formula is C20H27F3. The van der Waals surface area contributed by atoms with Crippen LogP contribution in [0.2, 0.25) is 0 Å². The van der Waals surface area contributed by atoms with Gasteiger partial charge in [-0.25, -0.2) is 13.2 Å². The second-order valence-corrected chi connectivity index (χ2v) is 7.65. The van der Waals surface area contributed by atoms with Crippen LogP contribution in [-0.2, 0) is 0 Å². The normalized spacial score (nSPS) is 31.0. The number of rotatable bonds is 5. The second kappa shape index (κ2) is 7.27. The third-order valence-electron chi connectivity index (χ3n) is 6.15. The average molecular weight is 324 g/mol. The van der Waals surface area contributed by atoms with Crippen molar-refractivity contribution < 1.29 is 13.2 Å². The first-order valence-corrected chi connectivity index (χ1v) is 9.22. The van der Waals surface area contributed by atoms with Crippen molar-refractivity contribution in [2.75, 3.05) is 0 Å². The second-order valence-electron chi connectivity index (χ2n) is 7.65. The van der Waals surface area contributed by atoms with E-state index in [0.29, 0.717) is 5.56 Å². The number of halogens is 3. The summed E-state index contributed by atoms with van der Waals surface area (Å²) in [5.74, 6) is -0.668. The molecule has 2 fully saturated rings. The highest BCUT2D eigenvalue weighted by molar-refractivity contribution is 5.23. The summed E-state index contributed by atoms with van der Waals surface area (Å²) in [6.45, 7) is 2.25. The Morgan fingerprint density at radius 3 is 2.09 bits per heavy atom. The standard InChI is InChI=1S/C20H27F3/c1-2-3-4-13-9-16(10-13)14-5-7-15(8-6-14)17-11-18(21)20(23)19(22)12-17/h11-16H,2-10H2,1H3.